The average Bonchev–Trinajstić information content (AvgIpc) is 2.21. The van der Waals surface area contributed by atoms with E-state index in [1.54, 1.807) is 0 Å². The number of halogens is 1. The summed E-state index contributed by atoms with van der Waals surface area (Å²) in [7, 11) is 0. The molecule has 0 aromatic heterocycles. The Labute approximate surface area is 117 Å². The van der Waals surface area contributed by atoms with Crippen LogP contribution >= 0.6 is 0 Å². The molecule has 0 bridgehead atoms. The smallest absolute Gasteiger partial charge is 0.236 e. The molecule has 1 aromatic carbocycles. The van der Waals surface area contributed by atoms with Crippen molar-refractivity contribution in [2.75, 3.05) is 0 Å². The van der Waals surface area contributed by atoms with Crippen molar-refractivity contribution in [3.63, 3.8) is 0 Å². The maximum atomic E-state index is 12.7. The summed E-state index contributed by atoms with van der Waals surface area (Å²) >= 11 is 0. The quantitative estimate of drug-likeness (QED) is 0.684. The Kier molecular flexibility index (Phi) is 5.42. The molecule has 0 amide bonds. The summed E-state index contributed by atoms with van der Waals surface area (Å²) in [5, 5.41) is 0. The maximum absolute atomic E-state index is 12.7. The van der Waals surface area contributed by atoms with Crippen molar-refractivity contribution in [3.05, 3.63) is 35.6 Å². The SMILES string of the molecule is CC1CCC(c2c[c-]c(F)cc2)CC1.[Y+3]. The normalized spacial score (nSPS) is 25.7. The Balaban J connectivity index is 0.00000112. The van der Waals surface area contributed by atoms with E-state index in [0.29, 0.717) is 5.92 Å². The Hall–Kier alpha value is 0.254. The van der Waals surface area contributed by atoms with Gasteiger partial charge in [0.25, 0.3) is 0 Å². The van der Waals surface area contributed by atoms with Crippen LogP contribution in [0, 0.1) is 17.8 Å². The van der Waals surface area contributed by atoms with Gasteiger partial charge in [0, 0.05) is 5.82 Å². The van der Waals surface area contributed by atoms with Crippen LogP contribution in [0.4, 0.5) is 4.39 Å². The van der Waals surface area contributed by atoms with E-state index < -0.39 is 0 Å². The van der Waals surface area contributed by atoms with E-state index in [1.165, 1.54) is 37.3 Å². The molecule has 0 aliphatic heterocycles. The van der Waals surface area contributed by atoms with Crippen LogP contribution in [0.15, 0.2) is 18.2 Å². The Morgan fingerprint density at radius 3 is 2.40 bits per heavy atom. The molecule has 0 atom stereocenters. The van der Waals surface area contributed by atoms with Crippen molar-refractivity contribution in [3.8, 4) is 0 Å². The van der Waals surface area contributed by atoms with Gasteiger partial charge in [-0.2, -0.15) is 17.7 Å². The minimum Gasteiger partial charge on any atom is -0.236 e. The first kappa shape index (κ1) is 13.3. The van der Waals surface area contributed by atoms with Gasteiger partial charge in [-0.05, 0) is 5.92 Å². The summed E-state index contributed by atoms with van der Waals surface area (Å²) in [6, 6.07) is 7.89. The molecule has 0 N–H and O–H groups in total. The zero-order valence-corrected chi connectivity index (χ0v) is 12.0. The van der Waals surface area contributed by atoms with Crippen molar-refractivity contribution >= 4 is 0 Å². The third kappa shape index (κ3) is 3.64. The van der Waals surface area contributed by atoms with Crippen LogP contribution in [-0.4, -0.2) is 0 Å². The summed E-state index contributed by atoms with van der Waals surface area (Å²) in [5.41, 5.74) is 1.26. The van der Waals surface area contributed by atoms with Gasteiger partial charge in [-0.3, -0.25) is 0 Å². The van der Waals surface area contributed by atoms with E-state index in [4.69, 9.17) is 0 Å². The van der Waals surface area contributed by atoms with Crippen LogP contribution in [-0.2, 0) is 32.7 Å². The molecule has 0 heterocycles. The van der Waals surface area contributed by atoms with Crippen LogP contribution in [0.5, 0.6) is 0 Å². The molecule has 0 nitrogen and oxygen atoms in total. The van der Waals surface area contributed by atoms with Gasteiger partial charge in [-0.25, -0.2) is 4.39 Å². The fourth-order valence-electron chi connectivity index (χ4n) is 2.27. The molecular weight excluding hydrogens is 264 g/mol. The second-order valence-electron chi connectivity index (χ2n) is 4.43. The van der Waals surface area contributed by atoms with Crippen LogP contribution < -0.4 is 0 Å². The Bertz CT molecular complexity index is 286. The summed E-state index contributed by atoms with van der Waals surface area (Å²) in [6.45, 7) is 2.31. The summed E-state index contributed by atoms with van der Waals surface area (Å²) in [5.74, 6) is 1.26. The molecule has 1 fully saturated rings. The number of rotatable bonds is 1. The van der Waals surface area contributed by atoms with Gasteiger partial charge in [0.1, 0.15) is 0 Å². The van der Waals surface area contributed by atoms with Crippen molar-refractivity contribution < 1.29 is 37.1 Å². The van der Waals surface area contributed by atoms with E-state index in [1.807, 2.05) is 12.1 Å². The molecule has 2 heteroatoms. The zero-order valence-electron chi connectivity index (χ0n) is 9.17. The molecular formula is C13H16FY+2. The molecule has 0 saturated heterocycles. The third-order valence-corrected chi connectivity index (χ3v) is 3.29. The largest absolute Gasteiger partial charge is 3.00 e. The van der Waals surface area contributed by atoms with Gasteiger partial charge in [0.15, 0.2) is 0 Å². The van der Waals surface area contributed by atoms with Gasteiger partial charge < -0.3 is 0 Å². The number of hydrogen-bond donors (Lipinski definition) is 0. The van der Waals surface area contributed by atoms with E-state index >= 15 is 0 Å². The van der Waals surface area contributed by atoms with Gasteiger partial charge in [-0.1, -0.05) is 38.5 Å². The first-order valence-corrected chi connectivity index (χ1v) is 5.43. The van der Waals surface area contributed by atoms with Crippen molar-refractivity contribution in [1.29, 1.82) is 0 Å². The van der Waals surface area contributed by atoms with Gasteiger partial charge in [0.05, 0.1) is 0 Å². The first-order chi connectivity index (χ1) is 6.75. The molecule has 76 valence electrons. The molecule has 1 saturated carbocycles. The van der Waals surface area contributed by atoms with Crippen LogP contribution in [0.1, 0.15) is 44.1 Å². The van der Waals surface area contributed by atoms with Gasteiger partial charge in [0.2, 0.25) is 0 Å². The summed E-state index contributed by atoms with van der Waals surface area (Å²) < 4.78 is 12.7. The van der Waals surface area contributed by atoms with Crippen LogP contribution in [0.3, 0.4) is 0 Å². The molecule has 0 unspecified atom stereocenters. The second-order valence-corrected chi connectivity index (χ2v) is 4.43. The molecule has 1 aromatic rings. The third-order valence-electron chi connectivity index (χ3n) is 3.29. The van der Waals surface area contributed by atoms with Crippen LogP contribution in [0.25, 0.3) is 0 Å². The number of benzene rings is 1. The fourth-order valence-corrected chi connectivity index (χ4v) is 2.27. The number of hydrogen-bond acceptors (Lipinski definition) is 0. The second kappa shape index (κ2) is 6.10. The zero-order chi connectivity index (χ0) is 9.97. The molecule has 0 radical (unpaired) electrons. The molecule has 0 spiro atoms. The van der Waals surface area contributed by atoms with Crippen molar-refractivity contribution in [2.24, 2.45) is 5.92 Å². The van der Waals surface area contributed by atoms with Crippen molar-refractivity contribution in [1.82, 2.24) is 0 Å². The standard InChI is InChI=1S/C13H16F.Y/c1-10-2-4-11(5-3-10)12-6-8-13(14)9-7-12;/h6-8,10-11H,2-5H2,1H3;/q-1;+3. The molecule has 15 heavy (non-hydrogen) atoms. The monoisotopic (exact) mass is 280 g/mol. The fraction of sp³-hybridized carbons (Fsp3) is 0.538. The van der Waals surface area contributed by atoms with E-state index in [9.17, 15) is 4.39 Å². The van der Waals surface area contributed by atoms with E-state index in [2.05, 4.69) is 13.0 Å². The Morgan fingerprint density at radius 1 is 1.20 bits per heavy atom. The van der Waals surface area contributed by atoms with E-state index in [0.717, 1.165) is 5.92 Å². The van der Waals surface area contributed by atoms with E-state index in [-0.39, 0.29) is 38.5 Å². The molecule has 1 aliphatic carbocycles. The van der Waals surface area contributed by atoms with Crippen molar-refractivity contribution in [2.45, 2.75) is 38.5 Å². The molecule has 2 rings (SSSR count). The minimum atomic E-state index is -0.252. The predicted octanol–water partition coefficient (Wildman–Crippen LogP) is 3.92. The first-order valence-electron chi connectivity index (χ1n) is 5.43. The summed E-state index contributed by atoms with van der Waals surface area (Å²) in [4.78, 5) is 0. The Morgan fingerprint density at radius 2 is 1.87 bits per heavy atom. The maximum Gasteiger partial charge on any atom is 3.00 e. The van der Waals surface area contributed by atoms with Gasteiger partial charge >= 0.3 is 32.7 Å². The predicted molar refractivity (Wildman–Crippen MR) is 55.6 cm³/mol. The summed E-state index contributed by atoms with van der Waals surface area (Å²) in [6.07, 6.45) is 5.12. The minimum absolute atomic E-state index is 0. The van der Waals surface area contributed by atoms with Crippen LogP contribution in [0.2, 0.25) is 0 Å². The molecule has 1 aliphatic rings. The topological polar surface area (TPSA) is 0 Å². The van der Waals surface area contributed by atoms with Gasteiger partial charge in [-0.15, -0.1) is 12.1 Å². The average molecular weight is 280 g/mol.